The number of benzene rings is 1. The van der Waals surface area contributed by atoms with E-state index in [0.717, 1.165) is 44.5 Å². The summed E-state index contributed by atoms with van der Waals surface area (Å²) >= 11 is 0. The molecule has 2 unspecified atom stereocenters. The van der Waals surface area contributed by atoms with Gasteiger partial charge in [-0.1, -0.05) is 31.0 Å². The average molecular weight is 275 g/mol. The molecule has 2 atom stereocenters. The highest BCUT2D eigenvalue weighted by Gasteiger charge is 2.32. The number of ether oxygens (including phenoxy) is 1. The maximum Gasteiger partial charge on any atom is 0.320 e. The zero-order valence-corrected chi connectivity index (χ0v) is 11.6. The summed E-state index contributed by atoms with van der Waals surface area (Å²) in [5.74, 6) is 0.574. The highest BCUT2D eigenvalue weighted by molar-refractivity contribution is 5.73. The second kappa shape index (κ2) is 5.83. The summed E-state index contributed by atoms with van der Waals surface area (Å²) in [6, 6.07) is 7.77. The van der Waals surface area contributed by atoms with Crippen molar-refractivity contribution in [3.8, 4) is 5.75 Å². The molecule has 4 heteroatoms. The Hall–Kier alpha value is -1.55. The fourth-order valence-corrected chi connectivity index (χ4v) is 3.33. The molecule has 3 rings (SSSR count). The minimum Gasteiger partial charge on any atom is -0.493 e. The Morgan fingerprint density at radius 2 is 2.15 bits per heavy atom. The Labute approximate surface area is 119 Å². The smallest absolute Gasteiger partial charge is 0.320 e. The molecular formula is C16H21NO3. The standard InChI is InChI=1S/C16H21NO3/c18-16(19)14-7-2-1-5-9-17(14)10-12-11-20-15-8-4-3-6-13(12)15/h3-4,6,8,12,14H,1-2,5,7,9-11H2,(H,18,19). The number of nitrogens with zero attached hydrogens (tertiary/aromatic N) is 1. The van der Waals surface area contributed by atoms with Crippen molar-refractivity contribution in [3.63, 3.8) is 0 Å². The molecule has 0 spiro atoms. The Kier molecular flexibility index (Phi) is 3.92. The molecule has 2 heterocycles. The SMILES string of the molecule is O=C(O)C1CCCCCN1CC1COc2ccccc21. The molecule has 1 fully saturated rings. The van der Waals surface area contributed by atoms with Gasteiger partial charge in [0.15, 0.2) is 0 Å². The molecule has 108 valence electrons. The molecule has 0 aliphatic carbocycles. The Morgan fingerprint density at radius 1 is 1.30 bits per heavy atom. The van der Waals surface area contributed by atoms with Crippen molar-refractivity contribution >= 4 is 5.97 Å². The quantitative estimate of drug-likeness (QED) is 0.920. The first-order valence-corrected chi connectivity index (χ1v) is 7.44. The first-order valence-electron chi connectivity index (χ1n) is 7.44. The third kappa shape index (κ3) is 2.66. The first-order chi connectivity index (χ1) is 9.75. The normalized spacial score (nSPS) is 26.6. The molecule has 1 N–H and O–H groups in total. The van der Waals surface area contributed by atoms with Crippen LogP contribution in [0.25, 0.3) is 0 Å². The molecule has 0 saturated carbocycles. The van der Waals surface area contributed by atoms with Crippen molar-refractivity contribution in [2.45, 2.75) is 37.6 Å². The third-order valence-electron chi connectivity index (χ3n) is 4.40. The summed E-state index contributed by atoms with van der Waals surface area (Å²) in [6.07, 6.45) is 4.02. The van der Waals surface area contributed by atoms with Crippen LogP contribution < -0.4 is 4.74 Å². The predicted octanol–water partition coefficient (Wildman–Crippen LogP) is 2.49. The van der Waals surface area contributed by atoms with Gasteiger partial charge < -0.3 is 9.84 Å². The molecule has 1 aromatic carbocycles. The molecule has 0 amide bonds. The van der Waals surface area contributed by atoms with Crippen molar-refractivity contribution in [2.24, 2.45) is 0 Å². The number of hydrogen-bond acceptors (Lipinski definition) is 3. The summed E-state index contributed by atoms with van der Waals surface area (Å²) < 4.78 is 5.71. The lowest BCUT2D eigenvalue weighted by Gasteiger charge is -2.28. The van der Waals surface area contributed by atoms with Crippen molar-refractivity contribution in [3.05, 3.63) is 29.8 Å². The van der Waals surface area contributed by atoms with Crippen molar-refractivity contribution in [1.29, 1.82) is 0 Å². The lowest BCUT2D eigenvalue weighted by Crippen LogP contribution is -2.43. The molecule has 1 aromatic rings. The Bertz CT molecular complexity index is 488. The van der Waals surface area contributed by atoms with Gasteiger partial charge in [-0.3, -0.25) is 9.69 Å². The summed E-state index contributed by atoms with van der Waals surface area (Å²) in [4.78, 5) is 13.6. The number of likely N-dealkylation sites (tertiary alicyclic amines) is 1. The molecule has 1 saturated heterocycles. The van der Waals surface area contributed by atoms with Gasteiger partial charge >= 0.3 is 5.97 Å². The van der Waals surface area contributed by atoms with Crippen LogP contribution >= 0.6 is 0 Å². The molecule has 0 radical (unpaired) electrons. The van der Waals surface area contributed by atoms with Gasteiger partial charge in [0.2, 0.25) is 0 Å². The largest absolute Gasteiger partial charge is 0.493 e. The second-order valence-electron chi connectivity index (χ2n) is 5.74. The van der Waals surface area contributed by atoms with Crippen molar-refractivity contribution < 1.29 is 14.6 Å². The van der Waals surface area contributed by atoms with Gasteiger partial charge in [-0.2, -0.15) is 0 Å². The molecule has 20 heavy (non-hydrogen) atoms. The number of aliphatic carboxylic acids is 1. The lowest BCUT2D eigenvalue weighted by atomic mass is 9.99. The number of rotatable bonds is 3. The molecule has 0 aromatic heterocycles. The van der Waals surface area contributed by atoms with Gasteiger partial charge in [-0.15, -0.1) is 0 Å². The van der Waals surface area contributed by atoms with E-state index >= 15 is 0 Å². The van der Waals surface area contributed by atoms with Crippen LogP contribution in [0.4, 0.5) is 0 Å². The number of carbonyl (C=O) groups is 1. The minimum absolute atomic E-state index is 0.297. The zero-order chi connectivity index (χ0) is 13.9. The van der Waals surface area contributed by atoms with E-state index in [1.54, 1.807) is 0 Å². The number of para-hydroxylation sites is 1. The summed E-state index contributed by atoms with van der Waals surface area (Å²) in [5.41, 5.74) is 1.22. The summed E-state index contributed by atoms with van der Waals surface area (Å²) in [5, 5.41) is 9.43. The van der Waals surface area contributed by atoms with Gasteiger partial charge in [0.1, 0.15) is 11.8 Å². The van der Waals surface area contributed by atoms with Crippen LogP contribution in [0.5, 0.6) is 5.75 Å². The first kappa shape index (κ1) is 13.4. The van der Waals surface area contributed by atoms with Crippen LogP contribution in [0.15, 0.2) is 24.3 Å². The maximum atomic E-state index is 11.5. The lowest BCUT2D eigenvalue weighted by molar-refractivity contribution is -0.143. The topological polar surface area (TPSA) is 49.8 Å². The van der Waals surface area contributed by atoms with E-state index in [1.807, 2.05) is 18.2 Å². The third-order valence-corrected chi connectivity index (χ3v) is 4.40. The van der Waals surface area contributed by atoms with Gasteiger partial charge in [0.05, 0.1) is 6.61 Å². The molecular weight excluding hydrogens is 254 g/mol. The van der Waals surface area contributed by atoms with E-state index in [4.69, 9.17) is 4.74 Å². The monoisotopic (exact) mass is 275 g/mol. The molecule has 2 aliphatic heterocycles. The minimum atomic E-state index is -0.681. The average Bonchev–Trinajstić information content (AvgIpc) is 2.69. The van der Waals surface area contributed by atoms with Gasteiger partial charge in [0, 0.05) is 18.0 Å². The van der Waals surface area contributed by atoms with Crippen LogP contribution in [-0.4, -0.2) is 41.7 Å². The molecule has 4 nitrogen and oxygen atoms in total. The van der Waals surface area contributed by atoms with E-state index in [1.165, 1.54) is 5.56 Å². The molecule has 2 aliphatic rings. The van der Waals surface area contributed by atoms with Gasteiger partial charge in [0.25, 0.3) is 0 Å². The highest BCUT2D eigenvalue weighted by Crippen LogP contribution is 2.34. The van der Waals surface area contributed by atoms with E-state index in [9.17, 15) is 9.90 Å². The van der Waals surface area contributed by atoms with Gasteiger partial charge in [-0.25, -0.2) is 0 Å². The van der Waals surface area contributed by atoms with Crippen molar-refractivity contribution in [2.75, 3.05) is 19.7 Å². The zero-order valence-electron chi connectivity index (χ0n) is 11.6. The van der Waals surface area contributed by atoms with E-state index in [-0.39, 0.29) is 6.04 Å². The number of carboxylic acids is 1. The van der Waals surface area contributed by atoms with E-state index in [0.29, 0.717) is 12.5 Å². The van der Waals surface area contributed by atoms with Crippen LogP contribution in [-0.2, 0) is 4.79 Å². The van der Waals surface area contributed by atoms with E-state index < -0.39 is 5.97 Å². The Morgan fingerprint density at radius 3 is 3.00 bits per heavy atom. The predicted molar refractivity (Wildman–Crippen MR) is 76.1 cm³/mol. The van der Waals surface area contributed by atoms with Crippen LogP contribution in [0.1, 0.15) is 37.2 Å². The number of fused-ring (bicyclic) bond motifs is 1. The number of hydrogen-bond donors (Lipinski definition) is 1. The van der Waals surface area contributed by atoms with Gasteiger partial charge in [-0.05, 0) is 25.5 Å². The summed E-state index contributed by atoms with van der Waals surface area (Å²) in [6.45, 7) is 2.34. The fourth-order valence-electron chi connectivity index (χ4n) is 3.33. The van der Waals surface area contributed by atoms with Crippen LogP contribution in [0, 0.1) is 0 Å². The van der Waals surface area contributed by atoms with Crippen molar-refractivity contribution in [1.82, 2.24) is 4.90 Å². The van der Waals surface area contributed by atoms with Crippen LogP contribution in [0.3, 0.4) is 0 Å². The van der Waals surface area contributed by atoms with Crippen LogP contribution in [0.2, 0.25) is 0 Å². The Balaban J connectivity index is 1.74. The van der Waals surface area contributed by atoms with E-state index in [2.05, 4.69) is 11.0 Å². The second-order valence-corrected chi connectivity index (χ2v) is 5.74. The fraction of sp³-hybridized carbons (Fsp3) is 0.562. The maximum absolute atomic E-state index is 11.5. The molecule has 0 bridgehead atoms. The number of carboxylic acid groups (broad SMARTS) is 1. The highest BCUT2D eigenvalue weighted by atomic mass is 16.5. The summed E-state index contributed by atoms with van der Waals surface area (Å²) in [7, 11) is 0.